The van der Waals surface area contributed by atoms with Gasteiger partial charge in [0.15, 0.2) is 5.16 Å². The van der Waals surface area contributed by atoms with Crippen molar-refractivity contribution in [2.45, 2.75) is 17.8 Å². The van der Waals surface area contributed by atoms with Gasteiger partial charge in [-0.1, -0.05) is 47.7 Å². The van der Waals surface area contributed by atoms with E-state index in [0.29, 0.717) is 24.5 Å². The van der Waals surface area contributed by atoms with Crippen molar-refractivity contribution >= 4 is 17.7 Å². The third-order valence-electron chi connectivity index (χ3n) is 3.70. The van der Waals surface area contributed by atoms with Gasteiger partial charge in [0, 0.05) is 11.3 Å². The highest BCUT2D eigenvalue weighted by atomic mass is 32.2. The van der Waals surface area contributed by atoms with Gasteiger partial charge in [-0.3, -0.25) is 9.89 Å². The summed E-state index contributed by atoms with van der Waals surface area (Å²) < 4.78 is 5.64. The first-order valence-corrected chi connectivity index (χ1v) is 9.24. The van der Waals surface area contributed by atoms with Crippen LogP contribution < -0.4 is 10.1 Å². The third kappa shape index (κ3) is 5.10. The van der Waals surface area contributed by atoms with Crippen molar-refractivity contribution in [2.24, 2.45) is 0 Å². The van der Waals surface area contributed by atoms with Gasteiger partial charge in [-0.25, -0.2) is 4.98 Å². The Morgan fingerprint density at radius 1 is 1.19 bits per heavy atom. The highest BCUT2D eigenvalue weighted by molar-refractivity contribution is 7.98. The molecular weight excluding hydrogens is 348 g/mol. The average molecular weight is 368 g/mol. The number of hydrogen-bond donors (Lipinski definition) is 2. The van der Waals surface area contributed by atoms with Crippen molar-refractivity contribution in [1.82, 2.24) is 20.5 Å². The Morgan fingerprint density at radius 2 is 2.00 bits per heavy atom. The molecule has 0 aliphatic heterocycles. The van der Waals surface area contributed by atoms with Crippen LogP contribution in [-0.2, 0) is 5.75 Å². The van der Waals surface area contributed by atoms with Crippen LogP contribution in [0.3, 0.4) is 0 Å². The minimum Gasteiger partial charge on any atom is -0.492 e. The molecule has 0 saturated heterocycles. The van der Waals surface area contributed by atoms with Gasteiger partial charge >= 0.3 is 0 Å². The summed E-state index contributed by atoms with van der Waals surface area (Å²) in [6.07, 6.45) is 1.47. The van der Waals surface area contributed by atoms with Crippen LogP contribution in [0.1, 0.15) is 21.5 Å². The van der Waals surface area contributed by atoms with Crippen LogP contribution in [0.25, 0.3) is 0 Å². The van der Waals surface area contributed by atoms with Gasteiger partial charge < -0.3 is 10.1 Å². The summed E-state index contributed by atoms with van der Waals surface area (Å²) in [4.78, 5) is 16.6. The number of aromatic nitrogens is 3. The number of aromatic amines is 1. The minimum absolute atomic E-state index is 0.105. The molecule has 134 valence electrons. The van der Waals surface area contributed by atoms with Crippen molar-refractivity contribution < 1.29 is 9.53 Å². The molecule has 3 rings (SSSR count). The molecule has 7 heteroatoms. The maximum absolute atomic E-state index is 12.5. The molecule has 0 aliphatic rings. The number of carbonyl (C=O) groups is 1. The summed E-state index contributed by atoms with van der Waals surface area (Å²) in [6, 6.07) is 15.4. The molecule has 0 radical (unpaired) electrons. The molecule has 0 atom stereocenters. The van der Waals surface area contributed by atoms with Crippen LogP contribution in [0.15, 0.2) is 60.0 Å². The Bertz CT molecular complexity index is 835. The fourth-order valence-electron chi connectivity index (χ4n) is 2.34. The predicted octanol–water partition coefficient (Wildman–Crippen LogP) is 3.21. The predicted molar refractivity (Wildman–Crippen MR) is 101 cm³/mol. The first-order valence-electron chi connectivity index (χ1n) is 8.26. The monoisotopic (exact) mass is 368 g/mol. The van der Waals surface area contributed by atoms with Gasteiger partial charge in [0.05, 0.1) is 6.54 Å². The molecule has 2 N–H and O–H groups in total. The molecule has 26 heavy (non-hydrogen) atoms. The summed E-state index contributed by atoms with van der Waals surface area (Å²) in [5.74, 6) is 1.33. The molecule has 6 nitrogen and oxygen atoms in total. The fourth-order valence-corrected chi connectivity index (χ4v) is 3.12. The lowest BCUT2D eigenvalue weighted by atomic mass is 10.1. The normalized spacial score (nSPS) is 10.5. The number of rotatable bonds is 8. The van der Waals surface area contributed by atoms with E-state index in [4.69, 9.17) is 4.74 Å². The van der Waals surface area contributed by atoms with E-state index in [0.717, 1.165) is 16.5 Å². The van der Waals surface area contributed by atoms with E-state index in [9.17, 15) is 4.79 Å². The molecule has 1 amide bonds. The molecule has 2 aromatic carbocycles. The molecule has 0 spiro atoms. The Hall–Kier alpha value is -2.80. The quantitative estimate of drug-likeness (QED) is 0.471. The van der Waals surface area contributed by atoms with Crippen molar-refractivity contribution in [1.29, 1.82) is 0 Å². The molecular formula is C19H20N4O2S. The molecule has 0 saturated carbocycles. The number of aryl methyl sites for hydroxylation is 1. The maximum atomic E-state index is 12.5. The van der Waals surface area contributed by atoms with E-state index >= 15 is 0 Å². The average Bonchev–Trinajstić information content (AvgIpc) is 3.19. The molecule has 0 unspecified atom stereocenters. The second-order valence-corrected chi connectivity index (χ2v) is 6.62. The summed E-state index contributed by atoms with van der Waals surface area (Å²) in [6.45, 7) is 2.89. The number of H-pyrrole nitrogens is 1. The van der Waals surface area contributed by atoms with Gasteiger partial charge in [-0.15, -0.1) is 0 Å². The maximum Gasteiger partial charge on any atom is 0.251 e. The molecule has 1 aromatic heterocycles. The molecule has 0 bridgehead atoms. The lowest BCUT2D eigenvalue weighted by Crippen LogP contribution is -2.28. The number of nitrogens with one attached hydrogen (secondary N) is 2. The van der Waals surface area contributed by atoms with Crippen LogP contribution in [0.4, 0.5) is 0 Å². The van der Waals surface area contributed by atoms with E-state index in [-0.39, 0.29) is 5.91 Å². The summed E-state index contributed by atoms with van der Waals surface area (Å²) in [7, 11) is 0. The number of carbonyl (C=O) groups excluding carboxylic acids is 1. The molecule has 1 heterocycles. The van der Waals surface area contributed by atoms with E-state index in [1.54, 1.807) is 0 Å². The molecule has 3 aromatic rings. The number of hydrogen-bond acceptors (Lipinski definition) is 5. The molecule has 0 aliphatic carbocycles. The van der Waals surface area contributed by atoms with Crippen molar-refractivity contribution in [2.75, 3.05) is 13.2 Å². The van der Waals surface area contributed by atoms with Crippen molar-refractivity contribution in [3.63, 3.8) is 0 Å². The summed E-state index contributed by atoms with van der Waals surface area (Å²) in [5, 5.41) is 10.3. The zero-order chi connectivity index (χ0) is 18.2. The number of thioether (sulfide) groups is 1. The van der Waals surface area contributed by atoms with Gasteiger partial charge in [0.1, 0.15) is 18.7 Å². The van der Waals surface area contributed by atoms with E-state index in [1.165, 1.54) is 23.7 Å². The van der Waals surface area contributed by atoms with Crippen molar-refractivity contribution in [3.05, 3.63) is 71.5 Å². The lowest BCUT2D eigenvalue weighted by molar-refractivity contribution is 0.0946. The SMILES string of the molecule is Cc1ccc(OCCNC(=O)c2ccccc2CSc2ncn[nH]2)cc1. The van der Waals surface area contributed by atoms with E-state index < -0.39 is 0 Å². The first kappa shape index (κ1) is 18.0. The second kappa shape index (κ2) is 9.05. The first-order chi connectivity index (χ1) is 12.7. The zero-order valence-corrected chi connectivity index (χ0v) is 15.3. The largest absolute Gasteiger partial charge is 0.492 e. The Morgan fingerprint density at radius 3 is 2.77 bits per heavy atom. The van der Waals surface area contributed by atoms with Gasteiger partial charge in [0.25, 0.3) is 5.91 Å². The Balaban J connectivity index is 1.50. The topological polar surface area (TPSA) is 79.9 Å². The van der Waals surface area contributed by atoms with Gasteiger partial charge in [0.2, 0.25) is 0 Å². The fraction of sp³-hybridized carbons (Fsp3) is 0.211. The third-order valence-corrected chi connectivity index (χ3v) is 4.62. The summed E-state index contributed by atoms with van der Waals surface area (Å²) >= 11 is 1.50. The van der Waals surface area contributed by atoms with Crippen LogP contribution in [-0.4, -0.2) is 34.2 Å². The van der Waals surface area contributed by atoms with Gasteiger partial charge in [-0.05, 0) is 30.7 Å². The Kier molecular flexibility index (Phi) is 6.27. The van der Waals surface area contributed by atoms with E-state index in [2.05, 4.69) is 20.5 Å². The molecule has 0 fully saturated rings. The number of nitrogens with zero attached hydrogens (tertiary/aromatic N) is 2. The summed E-state index contributed by atoms with van der Waals surface area (Å²) in [5.41, 5.74) is 2.80. The number of ether oxygens (including phenoxy) is 1. The second-order valence-electron chi connectivity index (χ2n) is 5.65. The van der Waals surface area contributed by atoms with Crippen LogP contribution in [0.2, 0.25) is 0 Å². The van der Waals surface area contributed by atoms with Crippen LogP contribution in [0, 0.1) is 6.92 Å². The Labute approximate surface area is 156 Å². The highest BCUT2D eigenvalue weighted by Gasteiger charge is 2.11. The smallest absolute Gasteiger partial charge is 0.251 e. The number of benzene rings is 2. The highest BCUT2D eigenvalue weighted by Crippen LogP contribution is 2.21. The van der Waals surface area contributed by atoms with Crippen LogP contribution in [0.5, 0.6) is 5.75 Å². The standard InChI is InChI=1S/C19H20N4O2S/c1-14-6-8-16(9-7-14)25-11-10-20-18(24)17-5-3-2-4-15(17)12-26-19-21-13-22-23-19/h2-9,13H,10-12H2,1H3,(H,20,24)(H,21,22,23). The van der Waals surface area contributed by atoms with Crippen molar-refractivity contribution in [3.8, 4) is 5.75 Å². The van der Waals surface area contributed by atoms with E-state index in [1.807, 2.05) is 55.5 Å². The zero-order valence-electron chi connectivity index (χ0n) is 14.4. The number of amides is 1. The minimum atomic E-state index is -0.105. The van der Waals surface area contributed by atoms with Crippen LogP contribution >= 0.6 is 11.8 Å². The van der Waals surface area contributed by atoms with Gasteiger partial charge in [-0.2, -0.15) is 5.10 Å². The lowest BCUT2D eigenvalue weighted by Gasteiger charge is -2.10.